The van der Waals surface area contributed by atoms with E-state index in [9.17, 15) is 4.79 Å². The number of rotatable bonds is 2. The summed E-state index contributed by atoms with van der Waals surface area (Å²) in [5, 5.41) is 0.825. The normalized spacial score (nSPS) is 10.8. The second-order valence-corrected chi connectivity index (χ2v) is 5.01. The molecule has 0 aliphatic carbocycles. The number of benzene rings is 1. The van der Waals surface area contributed by atoms with Crippen molar-refractivity contribution in [3.8, 4) is 11.3 Å². The van der Waals surface area contributed by atoms with Crippen LogP contribution in [0.25, 0.3) is 22.4 Å². The van der Waals surface area contributed by atoms with E-state index in [-0.39, 0.29) is 5.76 Å². The van der Waals surface area contributed by atoms with Crippen molar-refractivity contribution >= 4 is 17.1 Å². The lowest BCUT2D eigenvalue weighted by Gasteiger charge is -2.03. The molecule has 3 rings (SSSR count). The monoisotopic (exact) mass is 281 g/mol. The summed E-state index contributed by atoms with van der Waals surface area (Å²) in [6.45, 7) is 4.01. The van der Waals surface area contributed by atoms with Gasteiger partial charge in [-0.1, -0.05) is 29.8 Å². The van der Waals surface area contributed by atoms with E-state index in [1.165, 1.54) is 12.7 Å². The van der Waals surface area contributed by atoms with E-state index >= 15 is 0 Å². The van der Waals surface area contributed by atoms with Gasteiger partial charge in [0.15, 0.2) is 0 Å². The smallest absolute Gasteiger partial charge is 0.374 e. The molecule has 0 saturated heterocycles. The summed E-state index contributed by atoms with van der Waals surface area (Å²) in [5.41, 5.74) is 4.50. The van der Waals surface area contributed by atoms with E-state index in [1.54, 1.807) is 6.07 Å². The first-order valence-electron chi connectivity index (χ1n) is 6.65. The fourth-order valence-electron chi connectivity index (χ4n) is 2.24. The van der Waals surface area contributed by atoms with Gasteiger partial charge in [-0.3, -0.25) is 0 Å². The predicted molar refractivity (Wildman–Crippen MR) is 80.3 cm³/mol. The van der Waals surface area contributed by atoms with Crippen LogP contribution in [0.4, 0.5) is 0 Å². The Morgan fingerprint density at radius 2 is 1.86 bits per heavy atom. The van der Waals surface area contributed by atoms with Crippen LogP contribution >= 0.6 is 0 Å². The van der Waals surface area contributed by atoms with E-state index in [0.717, 1.165) is 22.2 Å². The van der Waals surface area contributed by atoms with Gasteiger partial charge in [0.2, 0.25) is 11.5 Å². The predicted octanol–water partition coefficient (Wildman–Crippen LogP) is 3.90. The SMILES string of the molecule is COC(=O)c1cc2c(C)cc(-c3ccc(C)cc3)nc2o1. The van der Waals surface area contributed by atoms with Crippen LogP contribution in [0.1, 0.15) is 21.7 Å². The van der Waals surface area contributed by atoms with Crippen molar-refractivity contribution in [2.75, 3.05) is 7.11 Å². The molecular weight excluding hydrogens is 266 g/mol. The first-order valence-corrected chi connectivity index (χ1v) is 6.65. The Bertz CT molecular complexity index is 816. The van der Waals surface area contributed by atoms with Crippen molar-refractivity contribution in [3.63, 3.8) is 0 Å². The van der Waals surface area contributed by atoms with Crippen LogP contribution in [0.15, 0.2) is 40.8 Å². The number of hydrogen-bond acceptors (Lipinski definition) is 4. The lowest BCUT2D eigenvalue weighted by Crippen LogP contribution is -1.97. The standard InChI is InChI=1S/C17H15NO3/c1-10-4-6-12(7-5-10)14-8-11(2)13-9-15(17(19)20-3)21-16(13)18-14/h4-9H,1-3H3. The maximum Gasteiger partial charge on any atom is 0.374 e. The van der Waals surface area contributed by atoms with Gasteiger partial charge in [-0.05, 0) is 25.5 Å². The number of ether oxygens (including phenoxy) is 1. The highest BCUT2D eigenvalue weighted by Gasteiger charge is 2.15. The Morgan fingerprint density at radius 3 is 2.52 bits per heavy atom. The summed E-state index contributed by atoms with van der Waals surface area (Å²) < 4.78 is 10.2. The highest BCUT2D eigenvalue weighted by atomic mass is 16.5. The molecule has 0 fully saturated rings. The van der Waals surface area contributed by atoms with Crippen LogP contribution in [0.5, 0.6) is 0 Å². The molecular formula is C17H15NO3. The van der Waals surface area contributed by atoms with Gasteiger partial charge in [0.05, 0.1) is 12.8 Å². The lowest BCUT2D eigenvalue weighted by atomic mass is 10.1. The van der Waals surface area contributed by atoms with Crippen LogP contribution in [0.2, 0.25) is 0 Å². The molecule has 0 radical (unpaired) electrons. The molecule has 2 aromatic heterocycles. The molecule has 21 heavy (non-hydrogen) atoms. The summed E-state index contributed by atoms with van der Waals surface area (Å²) in [6.07, 6.45) is 0. The molecule has 0 saturated carbocycles. The van der Waals surface area contributed by atoms with Gasteiger partial charge >= 0.3 is 5.97 Å². The molecule has 2 heterocycles. The van der Waals surface area contributed by atoms with Crippen LogP contribution in [0.3, 0.4) is 0 Å². The average Bonchev–Trinajstić information content (AvgIpc) is 2.92. The minimum Gasteiger partial charge on any atom is -0.463 e. The summed E-state index contributed by atoms with van der Waals surface area (Å²) in [7, 11) is 1.33. The molecule has 0 aliphatic rings. The number of esters is 1. The Kier molecular flexibility index (Phi) is 3.22. The molecule has 3 aromatic rings. The maximum absolute atomic E-state index is 11.5. The van der Waals surface area contributed by atoms with Gasteiger partial charge < -0.3 is 9.15 Å². The molecule has 0 spiro atoms. The minimum absolute atomic E-state index is 0.171. The quantitative estimate of drug-likeness (QED) is 0.668. The molecule has 4 nitrogen and oxygen atoms in total. The zero-order chi connectivity index (χ0) is 15.0. The summed E-state index contributed by atoms with van der Waals surface area (Å²) in [6, 6.07) is 11.8. The fourth-order valence-corrected chi connectivity index (χ4v) is 2.24. The van der Waals surface area contributed by atoms with Crippen LogP contribution in [0, 0.1) is 13.8 Å². The molecule has 0 bridgehead atoms. The van der Waals surface area contributed by atoms with E-state index < -0.39 is 5.97 Å². The second kappa shape index (κ2) is 5.05. The summed E-state index contributed by atoms with van der Waals surface area (Å²) in [5.74, 6) is -0.326. The third-order valence-electron chi connectivity index (χ3n) is 3.45. The summed E-state index contributed by atoms with van der Waals surface area (Å²) in [4.78, 5) is 16.0. The van der Waals surface area contributed by atoms with E-state index in [1.807, 2.05) is 44.2 Å². The van der Waals surface area contributed by atoms with Crippen LogP contribution in [-0.2, 0) is 4.74 Å². The van der Waals surface area contributed by atoms with Gasteiger partial charge in [-0.15, -0.1) is 0 Å². The third-order valence-corrected chi connectivity index (χ3v) is 3.45. The van der Waals surface area contributed by atoms with Crippen LogP contribution in [-0.4, -0.2) is 18.1 Å². The third kappa shape index (κ3) is 2.40. The topological polar surface area (TPSA) is 52.3 Å². The zero-order valence-corrected chi connectivity index (χ0v) is 12.1. The number of carbonyl (C=O) groups excluding carboxylic acids is 1. The van der Waals surface area contributed by atoms with Gasteiger partial charge in [0.25, 0.3) is 0 Å². The molecule has 0 unspecified atom stereocenters. The number of aryl methyl sites for hydroxylation is 2. The molecule has 106 valence electrons. The van der Waals surface area contributed by atoms with Gasteiger partial charge in [-0.25, -0.2) is 9.78 Å². The van der Waals surface area contributed by atoms with Gasteiger partial charge in [0, 0.05) is 17.0 Å². The van der Waals surface area contributed by atoms with Crippen molar-refractivity contribution < 1.29 is 13.9 Å². The second-order valence-electron chi connectivity index (χ2n) is 5.01. The van der Waals surface area contributed by atoms with E-state index in [4.69, 9.17) is 4.42 Å². The number of pyridine rings is 1. The number of hydrogen-bond donors (Lipinski definition) is 0. The highest BCUT2D eigenvalue weighted by molar-refractivity contribution is 5.93. The molecule has 0 amide bonds. The molecule has 0 aliphatic heterocycles. The maximum atomic E-state index is 11.5. The average molecular weight is 281 g/mol. The Balaban J connectivity index is 2.14. The van der Waals surface area contributed by atoms with Crippen LogP contribution < -0.4 is 0 Å². The first kappa shape index (κ1) is 13.4. The van der Waals surface area contributed by atoms with Gasteiger partial charge in [0.1, 0.15) is 0 Å². The van der Waals surface area contributed by atoms with Crippen molar-refractivity contribution in [1.29, 1.82) is 0 Å². The van der Waals surface area contributed by atoms with E-state index in [2.05, 4.69) is 9.72 Å². The summed E-state index contributed by atoms with van der Waals surface area (Å²) >= 11 is 0. The number of methoxy groups -OCH3 is 1. The number of carbonyl (C=O) groups is 1. The Morgan fingerprint density at radius 1 is 1.14 bits per heavy atom. The molecule has 4 heteroatoms. The zero-order valence-electron chi connectivity index (χ0n) is 12.1. The number of fused-ring (bicyclic) bond motifs is 1. The van der Waals surface area contributed by atoms with Gasteiger partial charge in [-0.2, -0.15) is 0 Å². The number of furan rings is 1. The number of aromatic nitrogens is 1. The first-order chi connectivity index (χ1) is 10.1. The number of nitrogens with zero attached hydrogens (tertiary/aromatic N) is 1. The molecule has 0 atom stereocenters. The van der Waals surface area contributed by atoms with Crippen molar-refractivity contribution in [3.05, 3.63) is 53.3 Å². The lowest BCUT2D eigenvalue weighted by molar-refractivity contribution is 0.0567. The molecule has 0 N–H and O–H groups in total. The largest absolute Gasteiger partial charge is 0.463 e. The van der Waals surface area contributed by atoms with E-state index in [0.29, 0.717) is 5.71 Å². The fraction of sp³-hybridized carbons (Fsp3) is 0.176. The molecule has 1 aromatic carbocycles. The van der Waals surface area contributed by atoms with Crippen molar-refractivity contribution in [1.82, 2.24) is 4.98 Å². The minimum atomic E-state index is -0.496. The van der Waals surface area contributed by atoms with Crippen molar-refractivity contribution in [2.45, 2.75) is 13.8 Å². The highest BCUT2D eigenvalue weighted by Crippen LogP contribution is 2.27. The van der Waals surface area contributed by atoms with Crippen molar-refractivity contribution in [2.24, 2.45) is 0 Å². The Labute approximate surface area is 122 Å². The Hall–Kier alpha value is -2.62.